The van der Waals surface area contributed by atoms with Crippen LogP contribution < -0.4 is 4.74 Å². The molecule has 0 spiro atoms. The van der Waals surface area contributed by atoms with Crippen LogP contribution in [0, 0.1) is 0 Å². The van der Waals surface area contributed by atoms with Gasteiger partial charge < -0.3 is 14.6 Å². The number of aromatic nitrogens is 2. The number of hydrogen-bond donors (Lipinski definition) is 1. The first kappa shape index (κ1) is 15.7. The molecule has 5 nitrogen and oxygen atoms in total. The van der Waals surface area contributed by atoms with Gasteiger partial charge >= 0.3 is 0 Å². The lowest BCUT2D eigenvalue weighted by atomic mass is 10.0. The van der Waals surface area contributed by atoms with Crippen molar-refractivity contribution >= 4 is 16.9 Å². The van der Waals surface area contributed by atoms with Crippen molar-refractivity contribution in [3.63, 3.8) is 0 Å². The summed E-state index contributed by atoms with van der Waals surface area (Å²) in [4.78, 5) is 22.1. The third-order valence-electron chi connectivity index (χ3n) is 4.84. The van der Waals surface area contributed by atoms with Gasteiger partial charge in [-0.15, -0.1) is 0 Å². The topological polar surface area (TPSA) is 58.2 Å². The molecule has 1 aliphatic rings. The zero-order valence-electron chi connectivity index (χ0n) is 14.3. The number of methoxy groups -OCH3 is 1. The van der Waals surface area contributed by atoms with Crippen molar-refractivity contribution in [2.24, 2.45) is 0 Å². The van der Waals surface area contributed by atoms with Gasteiger partial charge in [0.2, 0.25) is 5.91 Å². The summed E-state index contributed by atoms with van der Waals surface area (Å²) in [5.41, 5.74) is 3.94. The first-order valence-electron chi connectivity index (χ1n) is 8.63. The lowest BCUT2D eigenvalue weighted by molar-refractivity contribution is -0.129. The highest BCUT2D eigenvalue weighted by Gasteiger charge is 2.19. The molecule has 1 N–H and O–H groups in total. The summed E-state index contributed by atoms with van der Waals surface area (Å²) in [6.45, 7) is 1.77. The number of nitrogens with zero attached hydrogens (tertiary/aromatic N) is 2. The van der Waals surface area contributed by atoms with E-state index in [2.05, 4.69) is 16.0 Å². The van der Waals surface area contributed by atoms with Gasteiger partial charge in [0, 0.05) is 36.4 Å². The summed E-state index contributed by atoms with van der Waals surface area (Å²) in [5, 5.41) is 1.01. The average molecular weight is 335 g/mol. The molecule has 4 rings (SSSR count). The second-order valence-electron chi connectivity index (χ2n) is 6.43. The van der Waals surface area contributed by atoms with Gasteiger partial charge in [0.05, 0.1) is 13.5 Å². The minimum Gasteiger partial charge on any atom is -0.497 e. The zero-order chi connectivity index (χ0) is 17.2. The van der Waals surface area contributed by atoms with Crippen molar-refractivity contribution in [2.75, 3.05) is 20.2 Å². The molecule has 3 aromatic rings. The van der Waals surface area contributed by atoms with Crippen LogP contribution in [-0.4, -0.2) is 41.0 Å². The minimum atomic E-state index is 0.202. The quantitative estimate of drug-likeness (QED) is 0.795. The van der Waals surface area contributed by atoms with E-state index in [4.69, 9.17) is 4.74 Å². The number of amides is 1. The molecule has 0 atom stereocenters. The maximum Gasteiger partial charge on any atom is 0.227 e. The number of benzene rings is 1. The van der Waals surface area contributed by atoms with Crippen LogP contribution >= 0.6 is 0 Å². The number of pyridine rings is 1. The SMILES string of the molecule is COc1ccc(-c2cnc3[nH]cc(CC(=O)N4CCCC4)c3c2)cc1. The van der Waals surface area contributed by atoms with E-state index in [1.807, 2.05) is 41.6 Å². The molecule has 3 heterocycles. The maximum atomic E-state index is 12.5. The normalized spacial score (nSPS) is 14.2. The fourth-order valence-corrected chi connectivity index (χ4v) is 3.39. The zero-order valence-corrected chi connectivity index (χ0v) is 14.3. The van der Waals surface area contributed by atoms with Gasteiger partial charge in [-0.1, -0.05) is 12.1 Å². The largest absolute Gasteiger partial charge is 0.497 e. The molecule has 5 heteroatoms. The van der Waals surface area contributed by atoms with Crippen molar-refractivity contribution in [3.05, 3.63) is 48.3 Å². The molecule has 2 aromatic heterocycles. The van der Waals surface area contributed by atoms with Crippen LogP contribution in [0.4, 0.5) is 0 Å². The highest BCUT2D eigenvalue weighted by atomic mass is 16.5. The number of carbonyl (C=O) groups excluding carboxylic acids is 1. The number of carbonyl (C=O) groups is 1. The fourth-order valence-electron chi connectivity index (χ4n) is 3.39. The van der Waals surface area contributed by atoms with Crippen molar-refractivity contribution < 1.29 is 9.53 Å². The highest BCUT2D eigenvalue weighted by Crippen LogP contribution is 2.27. The number of ether oxygens (including phenoxy) is 1. The van der Waals surface area contributed by atoms with Crippen LogP contribution in [0.15, 0.2) is 42.7 Å². The van der Waals surface area contributed by atoms with Gasteiger partial charge in [-0.25, -0.2) is 4.98 Å². The van der Waals surface area contributed by atoms with E-state index < -0.39 is 0 Å². The van der Waals surface area contributed by atoms with Crippen molar-refractivity contribution in [1.82, 2.24) is 14.9 Å². The van der Waals surface area contributed by atoms with E-state index in [0.717, 1.165) is 59.4 Å². The number of nitrogens with one attached hydrogen (secondary N) is 1. The predicted molar refractivity (Wildman–Crippen MR) is 97.6 cm³/mol. The van der Waals surface area contributed by atoms with Crippen LogP contribution in [0.1, 0.15) is 18.4 Å². The predicted octanol–water partition coefficient (Wildman–Crippen LogP) is 3.40. The Labute approximate surface area is 146 Å². The van der Waals surface area contributed by atoms with Crippen LogP contribution in [0.25, 0.3) is 22.2 Å². The fraction of sp³-hybridized carbons (Fsp3) is 0.300. The van der Waals surface area contributed by atoms with Crippen LogP contribution in [-0.2, 0) is 11.2 Å². The first-order valence-corrected chi connectivity index (χ1v) is 8.63. The molecule has 0 unspecified atom stereocenters. The van der Waals surface area contributed by atoms with Crippen LogP contribution in [0.2, 0.25) is 0 Å². The molecule has 25 heavy (non-hydrogen) atoms. The molecule has 1 aliphatic heterocycles. The number of aromatic amines is 1. The van der Waals surface area contributed by atoms with Crippen molar-refractivity contribution in [1.29, 1.82) is 0 Å². The number of rotatable bonds is 4. The Morgan fingerprint density at radius 1 is 1.20 bits per heavy atom. The van der Waals surface area contributed by atoms with Gasteiger partial charge in [0.15, 0.2) is 0 Å². The third kappa shape index (κ3) is 3.09. The number of fused-ring (bicyclic) bond motifs is 1. The monoisotopic (exact) mass is 335 g/mol. The molecular weight excluding hydrogens is 314 g/mol. The Morgan fingerprint density at radius 3 is 2.68 bits per heavy atom. The van der Waals surface area contributed by atoms with E-state index in [1.165, 1.54) is 0 Å². The lowest BCUT2D eigenvalue weighted by Gasteiger charge is -2.14. The number of hydrogen-bond acceptors (Lipinski definition) is 3. The first-order chi connectivity index (χ1) is 12.2. The Kier molecular flexibility index (Phi) is 4.14. The van der Waals surface area contributed by atoms with Crippen LogP contribution in [0.5, 0.6) is 5.75 Å². The van der Waals surface area contributed by atoms with E-state index in [0.29, 0.717) is 6.42 Å². The molecule has 1 amide bonds. The smallest absolute Gasteiger partial charge is 0.227 e. The number of likely N-dealkylation sites (tertiary alicyclic amines) is 1. The molecule has 1 saturated heterocycles. The van der Waals surface area contributed by atoms with Crippen molar-refractivity contribution in [3.8, 4) is 16.9 Å². The minimum absolute atomic E-state index is 0.202. The van der Waals surface area contributed by atoms with Crippen molar-refractivity contribution in [2.45, 2.75) is 19.3 Å². The van der Waals surface area contributed by atoms with Gasteiger partial charge in [-0.05, 0) is 42.2 Å². The summed E-state index contributed by atoms with van der Waals surface area (Å²) >= 11 is 0. The van der Waals surface area contributed by atoms with Gasteiger partial charge in [0.25, 0.3) is 0 Å². The Morgan fingerprint density at radius 2 is 1.96 bits per heavy atom. The third-order valence-corrected chi connectivity index (χ3v) is 4.84. The lowest BCUT2D eigenvalue weighted by Crippen LogP contribution is -2.28. The Bertz CT molecular complexity index is 893. The van der Waals surface area contributed by atoms with Gasteiger partial charge in [-0.2, -0.15) is 0 Å². The summed E-state index contributed by atoms with van der Waals surface area (Å²) in [6.07, 6.45) is 6.41. The van der Waals surface area contributed by atoms with E-state index in [1.54, 1.807) is 7.11 Å². The second-order valence-corrected chi connectivity index (χ2v) is 6.43. The summed E-state index contributed by atoms with van der Waals surface area (Å²) in [5.74, 6) is 1.03. The van der Waals surface area contributed by atoms with Gasteiger partial charge in [0.1, 0.15) is 11.4 Å². The molecule has 0 aliphatic carbocycles. The molecule has 0 bridgehead atoms. The summed E-state index contributed by atoms with van der Waals surface area (Å²) < 4.78 is 5.21. The Balaban J connectivity index is 1.63. The second kappa shape index (κ2) is 6.59. The average Bonchev–Trinajstić information content (AvgIpc) is 3.32. The standard InChI is InChI=1S/C20H21N3O2/c1-25-17-6-4-14(5-7-17)15-10-18-16(13-22-20(18)21-12-15)11-19(24)23-8-2-3-9-23/h4-7,10,12-13H,2-3,8-9,11H2,1H3,(H,21,22). The number of H-pyrrole nitrogens is 1. The summed E-state index contributed by atoms with van der Waals surface area (Å²) in [7, 11) is 1.66. The Hall–Kier alpha value is -2.82. The van der Waals surface area contributed by atoms with E-state index >= 15 is 0 Å². The maximum absolute atomic E-state index is 12.5. The molecular formula is C20H21N3O2. The van der Waals surface area contributed by atoms with E-state index in [-0.39, 0.29) is 5.91 Å². The molecule has 0 radical (unpaired) electrons. The molecule has 1 aromatic carbocycles. The molecule has 1 fully saturated rings. The highest BCUT2D eigenvalue weighted by molar-refractivity contribution is 5.89. The summed E-state index contributed by atoms with van der Waals surface area (Å²) in [6, 6.07) is 10.0. The molecule has 128 valence electrons. The van der Waals surface area contributed by atoms with E-state index in [9.17, 15) is 4.79 Å². The molecule has 0 saturated carbocycles. The van der Waals surface area contributed by atoms with Gasteiger partial charge in [-0.3, -0.25) is 4.79 Å². The van der Waals surface area contributed by atoms with Crippen LogP contribution in [0.3, 0.4) is 0 Å².